The van der Waals surface area contributed by atoms with Crippen LogP contribution in [0.5, 0.6) is 0 Å². The average molecular weight is 410 g/mol. The maximum absolute atomic E-state index is 12.5. The average Bonchev–Trinajstić information content (AvgIpc) is 2.77. The van der Waals surface area contributed by atoms with Gasteiger partial charge in [-0.2, -0.15) is 0 Å². The van der Waals surface area contributed by atoms with Crippen LogP contribution in [0.4, 0.5) is 5.69 Å². The minimum Gasteiger partial charge on any atom is -0.452 e. The zero-order valence-corrected chi connectivity index (χ0v) is 16.5. The Morgan fingerprint density at radius 1 is 1.00 bits per heavy atom. The topological polar surface area (TPSA) is 62.7 Å². The van der Waals surface area contributed by atoms with Gasteiger partial charge in [-0.05, 0) is 30.3 Å². The van der Waals surface area contributed by atoms with E-state index in [1.165, 1.54) is 0 Å². The van der Waals surface area contributed by atoms with Gasteiger partial charge in [0.25, 0.3) is 5.91 Å². The number of hydrogen-bond donors (Lipinski definition) is 0. The summed E-state index contributed by atoms with van der Waals surface area (Å²) in [6, 6.07) is 16.7. The number of fused-ring (bicyclic) bond motifs is 1. The van der Waals surface area contributed by atoms with Crippen LogP contribution in [0, 0.1) is 0 Å². The zero-order valence-electron chi connectivity index (χ0n) is 15.8. The minimum atomic E-state index is -0.541. The van der Waals surface area contributed by atoms with Gasteiger partial charge in [-0.25, -0.2) is 4.79 Å². The van der Waals surface area contributed by atoms with Crippen molar-refractivity contribution in [3.05, 3.63) is 71.4 Å². The number of pyridine rings is 1. The number of piperazine rings is 1. The molecule has 4 rings (SSSR count). The van der Waals surface area contributed by atoms with Gasteiger partial charge in [0.05, 0.1) is 11.1 Å². The Labute approximate surface area is 173 Å². The van der Waals surface area contributed by atoms with E-state index in [0.29, 0.717) is 42.3 Å². The predicted octanol–water partition coefficient (Wildman–Crippen LogP) is 3.39. The number of anilines is 1. The van der Waals surface area contributed by atoms with E-state index in [0.717, 1.165) is 11.1 Å². The number of para-hydroxylation sites is 1. The number of benzene rings is 2. The van der Waals surface area contributed by atoms with Gasteiger partial charge >= 0.3 is 5.97 Å². The van der Waals surface area contributed by atoms with Gasteiger partial charge in [-0.1, -0.05) is 35.9 Å². The highest BCUT2D eigenvalue weighted by molar-refractivity contribution is 6.30. The molecule has 0 spiro atoms. The SMILES string of the molecule is O=C(OCC(=O)N1CCN(c2cccc(Cl)c2)CC1)c1cccc2cccnc12. The van der Waals surface area contributed by atoms with E-state index < -0.39 is 5.97 Å². The highest BCUT2D eigenvalue weighted by atomic mass is 35.5. The van der Waals surface area contributed by atoms with Crippen LogP contribution in [-0.2, 0) is 9.53 Å². The Balaban J connectivity index is 1.33. The van der Waals surface area contributed by atoms with Crippen molar-refractivity contribution in [2.45, 2.75) is 0 Å². The van der Waals surface area contributed by atoms with Crippen molar-refractivity contribution in [3.8, 4) is 0 Å². The highest BCUT2D eigenvalue weighted by Gasteiger charge is 2.23. The van der Waals surface area contributed by atoms with Crippen molar-refractivity contribution < 1.29 is 14.3 Å². The third kappa shape index (κ3) is 4.32. The fraction of sp³-hybridized carbons (Fsp3) is 0.227. The summed E-state index contributed by atoms with van der Waals surface area (Å²) in [5, 5.41) is 1.54. The second-order valence-electron chi connectivity index (χ2n) is 6.80. The molecule has 148 valence electrons. The largest absolute Gasteiger partial charge is 0.452 e. The van der Waals surface area contributed by atoms with Crippen molar-refractivity contribution in [1.82, 2.24) is 9.88 Å². The number of hydrogen-bond acceptors (Lipinski definition) is 5. The Hall–Kier alpha value is -3.12. The lowest BCUT2D eigenvalue weighted by molar-refractivity contribution is -0.134. The summed E-state index contributed by atoms with van der Waals surface area (Å²) in [4.78, 5) is 33.1. The van der Waals surface area contributed by atoms with E-state index in [-0.39, 0.29) is 12.5 Å². The van der Waals surface area contributed by atoms with Crippen molar-refractivity contribution in [2.24, 2.45) is 0 Å². The maximum atomic E-state index is 12.5. The van der Waals surface area contributed by atoms with Crippen molar-refractivity contribution in [2.75, 3.05) is 37.7 Å². The second kappa shape index (κ2) is 8.49. The lowest BCUT2D eigenvalue weighted by Crippen LogP contribution is -2.49. The first-order valence-electron chi connectivity index (χ1n) is 9.41. The van der Waals surface area contributed by atoms with Crippen LogP contribution in [-0.4, -0.2) is 54.5 Å². The first kappa shape index (κ1) is 19.2. The molecule has 2 aromatic carbocycles. The maximum Gasteiger partial charge on any atom is 0.340 e. The number of carbonyl (C=O) groups excluding carboxylic acids is 2. The van der Waals surface area contributed by atoms with E-state index in [1.807, 2.05) is 42.5 Å². The summed E-state index contributed by atoms with van der Waals surface area (Å²) in [5.74, 6) is -0.738. The van der Waals surface area contributed by atoms with E-state index in [1.54, 1.807) is 23.2 Å². The van der Waals surface area contributed by atoms with Crippen LogP contribution in [0.2, 0.25) is 5.02 Å². The van der Waals surface area contributed by atoms with E-state index in [9.17, 15) is 9.59 Å². The highest BCUT2D eigenvalue weighted by Crippen LogP contribution is 2.21. The van der Waals surface area contributed by atoms with Gasteiger partial charge in [0.2, 0.25) is 0 Å². The fourth-order valence-corrected chi connectivity index (χ4v) is 3.64. The Kier molecular flexibility index (Phi) is 5.62. The Bertz CT molecular complexity index is 1040. The molecule has 0 unspecified atom stereocenters. The fourth-order valence-electron chi connectivity index (χ4n) is 3.45. The summed E-state index contributed by atoms with van der Waals surface area (Å²) in [7, 11) is 0. The van der Waals surface area contributed by atoms with Gasteiger partial charge in [0, 0.05) is 48.5 Å². The molecule has 1 aromatic heterocycles. The molecule has 3 aromatic rings. The number of halogens is 1. The summed E-state index contributed by atoms with van der Waals surface area (Å²) < 4.78 is 5.28. The molecule has 1 fully saturated rings. The van der Waals surface area contributed by atoms with Gasteiger partial charge in [0.15, 0.2) is 6.61 Å². The van der Waals surface area contributed by atoms with Gasteiger partial charge in [-0.15, -0.1) is 0 Å². The second-order valence-corrected chi connectivity index (χ2v) is 7.24. The molecule has 0 N–H and O–H groups in total. The zero-order chi connectivity index (χ0) is 20.2. The number of nitrogens with zero attached hydrogens (tertiary/aromatic N) is 3. The number of ether oxygens (including phenoxy) is 1. The smallest absolute Gasteiger partial charge is 0.340 e. The van der Waals surface area contributed by atoms with Crippen LogP contribution in [0.1, 0.15) is 10.4 Å². The monoisotopic (exact) mass is 409 g/mol. The molecule has 0 aliphatic carbocycles. The normalized spacial score (nSPS) is 14.1. The molecular formula is C22H20ClN3O3. The molecule has 1 amide bonds. The van der Waals surface area contributed by atoms with Crippen LogP contribution < -0.4 is 4.90 Å². The lowest BCUT2D eigenvalue weighted by Gasteiger charge is -2.36. The van der Waals surface area contributed by atoms with E-state index in [4.69, 9.17) is 16.3 Å². The van der Waals surface area contributed by atoms with Gasteiger partial charge in [0.1, 0.15) is 0 Å². The molecule has 7 heteroatoms. The molecule has 0 saturated carbocycles. The Morgan fingerprint density at radius 3 is 2.55 bits per heavy atom. The van der Waals surface area contributed by atoms with Crippen LogP contribution in [0.3, 0.4) is 0 Å². The van der Waals surface area contributed by atoms with Crippen molar-refractivity contribution in [3.63, 3.8) is 0 Å². The summed E-state index contributed by atoms with van der Waals surface area (Å²) >= 11 is 6.06. The molecule has 29 heavy (non-hydrogen) atoms. The van der Waals surface area contributed by atoms with Crippen LogP contribution in [0.15, 0.2) is 60.8 Å². The first-order valence-corrected chi connectivity index (χ1v) is 9.79. The molecule has 6 nitrogen and oxygen atoms in total. The number of rotatable bonds is 4. The number of carbonyl (C=O) groups is 2. The van der Waals surface area contributed by atoms with Crippen molar-refractivity contribution in [1.29, 1.82) is 0 Å². The lowest BCUT2D eigenvalue weighted by atomic mass is 10.1. The van der Waals surface area contributed by atoms with Crippen molar-refractivity contribution >= 4 is 40.1 Å². The van der Waals surface area contributed by atoms with Gasteiger partial charge in [-0.3, -0.25) is 9.78 Å². The molecule has 1 aliphatic heterocycles. The standard InChI is InChI=1S/C22H20ClN3O3/c23-17-6-2-7-18(14-17)25-10-12-26(13-11-25)20(27)15-29-22(28)19-8-1-4-16-5-3-9-24-21(16)19/h1-9,14H,10-13,15H2. The van der Waals surface area contributed by atoms with Crippen LogP contribution in [0.25, 0.3) is 10.9 Å². The number of aromatic nitrogens is 1. The van der Waals surface area contributed by atoms with E-state index in [2.05, 4.69) is 9.88 Å². The predicted molar refractivity (Wildman–Crippen MR) is 112 cm³/mol. The van der Waals surface area contributed by atoms with E-state index >= 15 is 0 Å². The number of esters is 1. The third-order valence-electron chi connectivity index (χ3n) is 4.99. The molecule has 0 bridgehead atoms. The molecule has 0 radical (unpaired) electrons. The molecule has 1 saturated heterocycles. The summed E-state index contributed by atoms with van der Waals surface area (Å²) in [6.45, 7) is 2.26. The molecule has 0 atom stereocenters. The number of amides is 1. The quantitative estimate of drug-likeness (QED) is 0.618. The Morgan fingerprint density at radius 2 is 1.76 bits per heavy atom. The molecule has 2 heterocycles. The first-order chi connectivity index (χ1) is 14.1. The molecule has 1 aliphatic rings. The summed E-state index contributed by atoms with van der Waals surface area (Å²) in [5.41, 5.74) is 1.98. The van der Waals surface area contributed by atoms with Crippen LogP contribution >= 0.6 is 11.6 Å². The molecular weight excluding hydrogens is 390 g/mol. The summed E-state index contributed by atoms with van der Waals surface area (Å²) in [6.07, 6.45) is 1.63. The third-order valence-corrected chi connectivity index (χ3v) is 5.22. The minimum absolute atomic E-state index is 0.197. The van der Waals surface area contributed by atoms with Gasteiger partial charge < -0.3 is 14.5 Å².